The van der Waals surface area contributed by atoms with Crippen molar-refractivity contribution in [2.75, 3.05) is 23.8 Å². The van der Waals surface area contributed by atoms with E-state index >= 15 is 0 Å². The van der Waals surface area contributed by atoms with Crippen molar-refractivity contribution in [3.63, 3.8) is 0 Å². The van der Waals surface area contributed by atoms with E-state index in [4.69, 9.17) is 9.47 Å². The standard InChI is InChI=1S/C21H20N4O3/c1-13(26)15-4-3-5-16(10-15)24-20-12-21(23-14(2)22-20)25-17-6-7-18-19(11-17)28-9-8-27-18/h3-7,10-12H,8-9H2,1-2H3,(H2,22,23,24,25). The van der Waals surface area contributed by atoms with Crippen molar-refractivity contribution >= 4 is 28.8 Å². The highest BCUT2D eigenvalue weighted by Gasteiger charge is 2.12. The van der Waals surface area contributed by atoms with Crippen molar-refractivity contribution in [3.8, 4) is 11.5 Å². The predicted molar refractivity (Wildman–Crippen MR) is 107 cm³/mol. The molecule has 0 fully saturated rings. The molecule has 3 aromatic rings. The number of anilines is 4. The van der Waals surface area contributed by atoms with Gasteiger partial charge in [0, 0.05) is 29.1 Å². The third kappa shape index (κ3) is 4.03. The summed E-state index contributed by atoms with van der Waals surface area (Å²) in [6, 6.07) is 14.8. The molecule has 0 spiro atoms. The van der Waals surface area contributed by atoms with Crippen LogP contribution in [-0.2, 0) is 0 Å². The highest BCUT2D eigenvalue weighted by molar-refractivity contribution is 5.95. The molecule has 7 nitrogen and oxygen atoms in total. The summed E-state index contributed by atoms with van der Waals surface area (Å²) in [5.41, 5.74) is 2.27. The van der Waals surface area contributed by atoms with Crippen molar-refractivity contribution in [1.82, 2.24) is 9.97 Å². The SMILES string of the molecule is CC(=O)c1cccc(Nc2cc(Nc3ccc4c(c3)OCCO4)nc(C)n2)c1. The number of nitrogens with zero attached hydrogens (tertiary/aromatic N) is 2. The van der Waals surface area contributed by atoms with Gasteiger partial charge in [-0.3, -0.25) is 4.79 Å². The lowest BCUT2D eigenvalue weighted by atomic mass is 10.1. The molecule has 0 bridgehead atoms. The summed E-state index contributed by atoms with van der Waals surface area (Å²) in [6.07, 6.45) is 0. The fourth-order valence-electron chi connectivity index (χ4n) is 2.93. The molecule has 0 radical (unpaired) electrons. The van der Waals surface area contributed by atoms with Gasteiger partial charge in [-0.15, -0.1) is 0 Å². The Morgan fingerprint density at radius 2 is 1.57 bits per heavy atom. The van der Waals surface area contributed by atoms with Crippen molar-refractivity contribution in [2.45, 2.75) is 13.8 Å². The van der Waals surface area contributed by atoms with Gasteiger partial charge in [-0.05, 0) is 38.1 Å². The van der Waals surface area contributed by atoms with Gasteiger partial charge in [-0.2, -0.15) is 0 Å². The van der Waals surface area contributed by atoms with E-state index in [1.807, 2.05) is 43.3 Å². The van der Waals surface area contributed by atoms with Gasteiger partial charge >= 0.3 is 0 Å². The zero-order valence-electron chi connectivity index (χ0n) is 15.7. The Morgan fingerprint density at radius 3 is 2.29 bits per heavy atom. The summed E-state index contributed by atoms with van der Waals surface area (Å²) in [4.78, 5) is 20.4. The maximum atomic E-state index is 11.6. The molecule has 1 aromatic heterocycles. The van der Waals surface area contributed by atoms with Crippen LogP contribution in [-0.4, -0.2) is 29.0 Å². The highest BCUT2D eigenvalue weighted by Crippen LogP contribution is 2.33. The maximum absolute atomic E-state index is 11.6. The summed E-state index contributed by atoms with van der Waals surface area (Å²) in [5.74, 6) is 3.36. The maximum Gasteiger partial charge on any atom is 0.163 e. The largest absolute Gasteiger partial charge is 0.486 e. The van der Waals surface area contributed by atoms with E-state index in [0.29, 0.717) is 42.0 Å². The molecule has 0 atom stereocenters. The van der Waals surface area contributed by atoms with Crippen LogP contribution >= 0.6 is 0 Å². The van der Waals surface area contributed by atoms with E-state index in [9.17, 15) is 4.79 Å². The quantitative estimate of drug-likeness (QED) is 0.644. The van der Waals surface area contributed by atoms with Crippen LogP contribution < -0.4 is 20.1 Å². The van der Waals surface area contributed by atoms with Crippen LogP contribution in [0.5, 0.6) is 11.5 Å². The Labute approximate surface area is 162 Å². The molecule has 1 aliphatic heterocycles. The summed E-state index contributed by atoms with van der Waals surface area (Å²) in [6.45, 7) is 4.47. The Hall–Kier alpha value is -3.61. The number of fused-ring (bicyclic) bond motifs is 1. The lowest BCUT2D eigenvalue weighted by Gasteiger charge is -2.19. The molecule has 4 rings (SSSR count). The summed E-state index contributed by atoms with van der Waals surface area (Å²) < 4.78 is 11.2. The molecular weight excluding hydrogens is 356 g/mol. The highest BCUT2D eigenvalue weighted by atomic mass is 16.6. The van der Waals surface area contributed by atoms with E-state index in [-0.39, 0.29) is 5.78 Å². The van der Waals surface area contributed by atoms with Gasteiger partial charge < -0.3 is 20.1 Å². The predicted octanol–water partition coefficient (Wildman–Crippen LogP) is 4.25. The molecule has 2 N–H and O–H groups in total. The molecule has 0 saturated carbocycles. The fourth-order valence-corrected chi connectivity index (χ4v) is 2.93. The number of hydrogen-bond donors (Lipinski definition) is 2. The first-order valence-corrected chi connectivity index (χ1v) is 8.97. The van der Waals surface area contributed by atoms with Gasteiger partial charge in [-0.25, -0.2) is 9.97 Å². The molecule has 28 heavy (non-hydrogen) atoms. The number of carbonyl (C=O) groups excluding carboxylic acids is 1. The van der Waals surface area contributed by atoms with Gasteiger partial charge in [0.05, 0.1) is 0 Å². The van der Waals surface area contributed by atoms with Gasteiger partial charge in [0.1, 0.15) is 30.7 Å². The molecule has 2 aromatic carbocycles. The van der Waals surface area contributed by atoms with Crippen LogP contribution in [0.2, 0.25) is 0 Å². The zero-order chi connectivity index (χ0) is 19.5. The van der Waals surface area contributed by atoms with E-state index < -0.39 is 0 Å². The smallest absolute Gasteiger partial charge is 0.163 e. The van der Waals surface area contributed by atoms with Crippen LogP contribution in [0.15, 0.2) is 48.5 Å². The lowest BCUT2D eigenvalue weighted by molar-refractivity contribution is 0.101. The second kappa shape index (κ2) is 7.56. The molecular formula is C21H20N4O3. The number of ether oxygens (including phenoxy) is 2. The Bertz CT molecular complexity index is 1040. The van der Waals surface area contributed by atoms with Gasteiger partial charge in [0.15, 0.2) is 17.3 Å². The Kier molecular flexibility index (Phi) is 4.80. The van der Waals surface area contributed by atoms with Crippen molar-refractivity contribution in [2.24, 2.45) is 0 Å². The van der Waals surface area contributed by atoms with E-state index in [1.165, 1.54) is 0 Å². The number of aromatic nitrogens is 2. The topological polar surface area (TPSA) is 85.4 Å². The lowest BCUT2D eigenvalue weighted by Crippen LogP contribution is -2.15. The minimum atomic E-state index is 0.0171. The number of ketones is 1. The molecule has 1 aliphatic rings. The van der Waals surface area contributed by atoms with Gasteiger partial charge in [-0.1, -0.05) is 12.1 Å². The van der Waals surface area contributed by atoms with Crippen LogP contribution in [0.4, 0.5) is 23.0 Å². The van der Waals surface area contributed by atoms with Crippen LogP contribution in [0.1, 0.15) is 23.1 Å². The fraction of sp³-hybridized carbons (Fsp3) is 0.190. The third-order valence-electron chi connectivity index (χ3n) is 4.19. The molecule has 7 heteroatoms. The van der Waals surface area contributed by atoms with Gasteiger partial charge in [0.25, 0.3) is 0 Å². The summed E-state index contributed by atoms with van der Waals surface area (Å²) in [7, 11) is 0. The minimum Gasteiger partial charge on any atom is -0.486 e. The molecule has 0 aliphatic carbocycles. The van der Waals surface area contributed by atoms with Gasteiger partial charge in [0.2, 0.25) is 0 Å². The van der Waals surface area contributed by atoms with Crippen molar-refractivity contribution in [1.29, 1.82) is 0 Å². The normalized spacial score (nSPS) is 12.4. The number of nitrogens with one attached hydrogen (secondary N) is 2. The first-order valence-electron chi connectivity index (χ1n) is 8.97. The first-order chi connectivity index (χ1) is 13.6. The molecule has 0 unspecified atom stereocenters. The monoisotopic (exact) mass is 376 g/mol. The molecule has 0 saturated heterocycles. The number of aryl methyl sites for hydroxylation is 1. The van der Waals surface area contributed by atoms with E-state index in [0.717, 1.165) is 17.1 Å². The van der Waals surface area contributed by atoms with Crippen LogP contribution in [0.3, 0.4) is 0 Å². The first kappa shape index (κ1) is 17.8. The van der Waals surface area contributed by atoms with Crippen LogP contribution in [0.25, 0.3) is 0 Å². The number of Topliss-reactive ketones (excluding diaryl/α,β-unsaturated/α-hetero) is 1. The van der Waals surface area contributed by atoms with Crippen molar-refractivity contribution < 1.29 is 14.3 Å². The second-order valence-electron chi connectivity index (χ2n) is 6.43. The zero-order valence-corrected chi connectivity index (χ0v) is 15.7. The number of benzene rings is 2. The number of carbonyl (C=O) groups is 1. The second-order valence-corrected chi connectivity index (χ2v) is 6.43. The molecule has 2 heterocycles. The third-order valence-corrected chi connectivity index (χ3v) is 4.19. The van der Waals surface area contributed by atoms with Crippen molar-refractivity contribution in [3.05, 3.63) is 59.9 Å². The number of rotatable bonds is 5. The van der Waals surface area contributed by atoms with Crippen LogP contribution in [0, 0.1) is 6.92 Å². The van der Waals surface area contributed by atoms with E-state index in [1.54, 1.807) is 19.1 Å². The van der Waals surface area contributed by atoms with E-state index in [2.05, 4.69) is 20.6 Å². The Balaban J connectivity index is 1.55. The summed E-state index contributed by atoms with van der Waals surface area (Å²) in [5, 5.41) is 6.50. The summed E-state index contributed by atoms with van der Waals surface area (Å²) >= 11 is 0. The average molecular weight is 376 g/mol. The molecule has 142 valence electrons. The number of hydrogen-bond acceptors (Lipinski definition) is 7. The molecule has 0 amide bonds. The minimum absolute atomic E-state index is 0.0171. The average Bonchev–Trinajstić information content (AvgIpc) is 2.67. The Morgan fingerprint density at radius 1 is 0.893 bits per heavy atom.